The van der Waals surface area contributed by atoms with Crippen LogP contribution in [0.2, 0.25) is 0 Å². The van der Waals surface area contributed by atoms with Gasteiger partial charge >= 0.3 is 0 Å². The molecular weight excluding hydrogens is 198 g/mol. The van der Waals surface area contributed by atoms with Crippen LogP contribution in [-0.4, -0.2) is 23.9 Å². The molecule has 0 fully saturated rings. The molecule has 1 N–H and O–H groups in total. The van der Waals surface area contributed by atoms with Crippen molar-refractivity contribution in [3.8, 4) is 0 Å². The molecular formula is C13H17N3. The molecule has 16 heavy (non-hydrogen) atoms. The van der Waals surface area contributed by atoms with E-state index in [4.69, 9.17) is 0 Å². The Balaban J connectivity index is 2.03. The maximum atomic E-state index is 4.43. The number of hydrogen-bond donors (Lipinski definition) is 1. The molecule has 1 aliphatic heterocycles. The van der Waals surface area contributed by atoms with Gasteiger partial charge in [0.1, 0.15) is 0 Å². The number of para-hydroxylation sites is 1. The van der Waals surface area contributed by atoms with Gasteiger partial charge in [0.05, 0.1) is 0 Å². The van der Waals surface area contributed by atoms with Gasteiger partial charge in [-0.2, -0.15) is 0 Å². The van der Waals surface area contributed by atoms with E-state index in [9.17, 15) is 0 Å². The fourth-order valence-electron chi connectivity index (χ4n) is 1.71. The second kappa shape index (κ2) is 5.35. The molecule has 1 heterocycles. The smallest absolute Gasteiger partial charge is 0.196 e. The quantitative estimate of drug-likeness (QED) is 0.836. The van der Waals surface area contributed by atoms with Gasteiger partial charge in [0, 0.05) is 24.6 Å². The topological polar surface area (TPSA) is 27.6 Å². The van der Waals surface area contributed by atoms with E-state index >= 15 is 0 Å². The van der Waals surface area contributed by atoms with Crippen LogP contribution < -0.4 is 5.32 Å². The molecule has 0 saturated heterocycles. The van der Waals surface area contributed by atoms with Crippen LogP contribution in [0.3, 0.4) is 0 Å². The first-order valence-electron chi connectivity index (χ1n) is 5.67. The molecule has 84 valence electrons. The number of aliphatic imine (C=N–C) groups is 1. The van der Waals surface area contributed by atoms with Gasteiger partial charge in [0.25, 0.3) is 0 Å². The highest BCUT2D eigenvalue weighted by Gasteiger charge is 2.13. The second-order valence-corrected chi connectivity index (χ2v) is 3.76. The first-order chi connectivity index (χ1) is 7.90. The zero-order chi connectivity index (χ0) is 11.2. The van der Waals surface area contributed by atoms with Crippen molar-refractivity contribution in [1.29, 1.82) is 0 Å². The normalized spacial score (nSPS) is 18.8. The van der Waals surface area contributed by atoms with Crippen molar-refractivity contribution in [3.63, 3.8) is 0 Å². The van der Waals surface area contributed by atoms with Crippen LogP contribution >= 0.6 is 0 Å². The summed E-state index contributed by atoms with van der Waals surface area (Å²) >= 11 is 0. The zero-order valence-electron chi connectivity index (χ0n) is 9.50. The molecule has 1 aromatic carbocycles. The Bertz CT molecular complexity index is 370. The van der Waals surface area contributed by atoms with E-state index in [1.54, 1.807) is 0 Å². The van der Waals surface area contributed by atoms with Gasteiger partial charge in [-0.25, -0.2) is 4.99 Å². The molecule has 0 bridgehead atoms. The highest BCUT2D eigenvalue weighted by atomic mass is 15.4. The van der Waals surface area contributed by atoms with E-state index in [0.717, 1.165) is 18.7 Å². The lowest BCUT2D eigenvalue weighted by Gasteiger charge is -2.30. The average Bonchev–Trinajstić information content (AvgIpc) is 2.33. The van der Waals surface area contributed by atoms with E-state index in [1.807, 2.05) is 30.5 Å². The molecule has 1 atom stereocenters. The number of anilines is 1. The van der Waals surface area contributed by atoms with Crippen LogP contribution in [0.25, 0.3) is 0 Å². The Hall–Kier alpha value is -1.77. The Morgan fingerprint density at radius 2 is 2.12 bits per heavy atom. The minimum absolute atomic E-state index is 0.0207. The molecule has 0 radical (unpaired) electrons. The van der Waals surface area contributed by atoms with Crippen LogP contribution in [0, 0.1) is 0 Å². The Kier molecular flexibility index (Phi) is 3.59. The summed E-state index contributed by atoms with van der Waals surface area (Å²) in [6.45, 7) is 3.18. The van der Waals surface area contributed by atoms with Crippen molar-refractivity contribution in [1.82, 2.24) is 4.90 Å². The summed E-state index contributed by atoms with van der Waals surface area (Å²) in [5.41, 5.74) is 1.10. The highest BCUT2D eigenvalue weighted by molar-refractivity contribution is 5.72. The minimum atomic E-state index is 0.0207. The first kappa shape index (κ1) is 10.7. The number of allylic oxidation sites excluding steroid dienone is 1. The maximum absolute atomic E-state index is 4.43. The van der Waals surface area contributed by atoms with Gasteiger partial charge in [-0.15, -0.1) is 0 Å². The summed E-state index contributed by atoms with van der Waals surface area (Å²) in [5.74, 6) is 0. The molecule has 0 aromatic heterocycles. The molecule has 3 heteroatoms. The van der Waals surface area contributed by atoms with Crippen LogP contribution in [-0.2, 0) is 0 Å². The molecule has 0 amide bonds. The number of hydrogen-bond acceptors (Lipinski definition) is 3. The lowest BCUT2D eigenvalue weighted by molar-refractivity contribution is 0.307. The first-order valence-corrected chi connectivity index (χ1v) is 5.67. The van der Waals surface area contributed by atoms with E-state index in [-0.39, 0.29) is 6.29 Å². The third-order valence-electron chi connectivity index (χ3n) is 2.46. The zero-order valence-corrected chi connectivity index (χ0v) is 9.50. The van der Waals surface area contributed by atoms with Crippen molar-refractivity contribution in [3.05, 3.63) is 42.6 Å². The SMILES string of the molecule is CCCN1C=CC=NC1Nc1ccccc1. The molecule has 1 unspecified atom stereocenters. The lowest BCUT2D eigenvalue weighted by Crippen LogP contribution is -2.37. The molecule has 0 spiro atoms. The van der Waals surface area contributed by atoms with Crippen molar-refractivity contribution in [2.75, 3.05) is 11.9 Å². The van der Waals surface area contributed by atoms with E-state index in [1.165, 1.54) is 0 Å². The van der Waals surface area contributed by atoms with Crippen molar-refractivity contribution in [2.45, 2.75) is 19.6 Å². The van der Waals surface area contributed by atoms with Crippen LogP contribution in [0.5, 0.6) is 0 Å². The summed E-state index contributed by atoms with van der Waals surface area (Å²) in [5, 5.41) is 3.39. The molecule has 3 nitrogen and oxygen atoms in total. The Labute approximate surface area is 96.5 Å². The highest BCUT2D eigenvalue weighted by Crippen LogP contribution is 2.12. The van der Waals surface area contributed by atoms with Gasteiger partial charge in [0.2, 0.25) is 0 Å². The second-order valence-electron chi connectivity index (χ2n) is 3.76. The minimum Gasteiger partial charge on any atom is -0.347 e. The van der Waals surface area contributed by atoms with Gasteiger partial charge < -0.3 is 10.2 Å². The van der Waals surface area contributed by atoms with Crippen molar-refractivity contribution >= 4 is 11.9 Å². The van der Waals surface area contributed by atoms with Crippen LogP contribution in [0.1, 0.15) is 13.3 Å². The number of benzene rings is 1. The third kappa shape index (κ3) is 2.63. The summed E-state index contributed by atoms with van der Waals surface area (Å²) in [6, 6.07) is 10.2. The number of nitrogens with zero attached hydrogens (tertiary/aromatic N) is 2. The fourth-order valence-corrected chi connectivity index (χ4v) is 1.71. The van der Waals surface area contributed by atoms with E-state index in [2.05, 4.69) is 40.5 Å². The van der Waals surface area contributed by atoms with Gasteiger partial charge in [0.15, 0.2) is 6.29 Å². The predicted octanol–water partition coefficient (Wildman–Crippen LogP) is 2.69. The molecule has 1 aliphatic rings. The number of nitrogens with one attached hydrogen (secondary N) is 1. The van der Waals surface area contributed by atoms with Gasteiger partial charge in [-0.05, 0) is 24.6 Å². The molecule has 2 rings (SSSR count). The summed E-state index contributed by atoms with van der Waals surface area (Å²) in [6.07, 6.45) is 7.03. The fraction of sp³-hybridized carbons (Fsp3) is 0.308. The summed E-state index contributed by atoms with van der Waals surface area (Å²) in [7, 11) is 0. The monoisotopic (exact) mass is 215 g/mol. The average molecular weight is 215 g/mol. The van der Waals surface area contributed by atoms with Crippen LogP contribution in [0.4, 0.5) is 5.69 Å². The molecule has 0 saturated carbocycles. The van der Waals surface area contributed by atoms with Gasteiger partial charge in [-0.3, -0.25) is 0 Å². The largest absolute Gasteiger partial charge is 0.347 e. The number of rotatable bonds is 4. The Morgan fingerprint density at radius 1 is 1.31 bits per heavy atom. The standard InChI is InChI=1S/C13H17N3/c1-2-10-16-11-6-9-14-13(16)15-12-7-4-3-5-8-12/h3-9,11,13,15H,2,10H2,1H3. The lowest BCUT2D eigenvalue weighted by atomic mass is 10.3. The van der Waals surface area contributed by atoms with E-state index in [0.29, 0.717) is 0 Å². The Morgan fingerprint density at radius 3 is 2.88 bits per heavy atom. The van der Waals surface area contributed by atoms with E-state index < -0.39 is 0 Å². The van der Waals surface area contributed by atoms with Crippen molar-refractivity contribution in [2.24, 2.45) is 4.99 Å². The molecule has 0 aliphatic carbocycles. The van der Waals surface area contributed by atoms with Crippen LogP contribution in [0.15, 0.2) is 47.6 Å². The van der Waals surface area contributed by atoms with Crippen molar-refractivity contribution < 1.29 is 0 Å². The summed E-state index contributed by atoms with van der Waals surface area (Å²) in [4.78, 5) is 6.63. The molecule has 1 aromatic rings. The summed E-state index contributed by atoms with van der Waals surface area (Å²) < 4.78 is 0. The predicted molar refractivity (Wildman–Crippen MR) is 68.5 cm³/mol. The maximum Gasteiger partial charge on any atom is 0.196 e. The van der Waals surface area contributed by atoms with Gasteiger partial charge in [-0.1, -0.05) is 25.1 Å². The third-order valence-corrected chi connectivity index (χ3v) is 2.46.